The van der Waals surface area contributed by atoms with Crippen LogP contribution in [0.5, 0.6) is 11.5 Å². The van der Waals surface area contributed by atoms with Crippen molar-refractivity contribution in [3.63, 3.8) is 0 Å². The summed E-state index contributed by atoms with van der Waals surface area (Å²) in [5.41, 5.74) is 0.734. The second kappa shape index (κ2) is 6.98. The van der Waals surface area contributed by atoms with Crippen LogP contribution in [0.1, 0.15) is 31.7 Å². The average Bonchev–Trinajstić information content (AvgIpc) is 2.36. The third-order valence-corrected chi connectivity index (χ3v) is 3.40. The summed E-state index contributed by atoms with van der Waals surface area (Å²) in [6, 6.07) is 5.51. The molecular formula is C16H20O4. The van der Waals surface area contributed by atoms with E-state index in [1.54, 1.807) is 6.08 Å². The van der Waals surface area contributed by atoms with Gasteiger partial charge in [0.25, 0.3) is 0 Å². The molecule has 2 rings (SSSR count). The van der Waals surface area contributed by atoms with E-state index in [9.17, 15) is 4.79 Å². The van der Waals surface area contributed by atoms with Gasteiger partial charge in [-0.2, -0.15) is 0 Å². The van der Waals surface area contributed by atoms with E-state index in [2.05, 4.69) is 0 Å². The van der Waals surface area contributed by atoms with Crippen LogP contribution in [0.3, 0.4) is 0 Å². The Morgan fingerprint density at radius 3 is 2.80 bits per heavy atom. The van der Waals surface area contributed by atoms with Gasteiger partial charge in [-0.25, -0.2) is 4.79 Å². The number of hydrogen-bond acceptors (Lipinski definition) is 3. The van der Waals surface area contributed by atoms with Crippen LogP contribution in [-0.2, 0) is 4.79 Å². The summed E-state index contributed by atoms with van der Waals surface area (Å²) in [4.78, 5) is 10.7. The lowest BCUT2D eigenvalue weighted by atomic mass is 9.86. The van der Waals surface area contributed by atoms with Crippen molar-refractivity contribution in [1.82, 2.24) is 0 Å². The van der Waals surface area contributed by atoms with E-state index >= 15 is 0 Å². The standard InChI is InChI=1S/C16H20O4/c1-2-19-14-8-4-7-13(9-10-15(17)18)16(14)20-11-12-5-3-6-12/h4,7-10,12H,2-3,5-6,11H2,1H3,(H,17,18). The number of carboxylic acid groups (broad SMARTS) is 1. The molecule has 0 aromatic heterocycles. The summed E-state index contributed by atoms with van der Waals surface area (Å²) >= 11 is 0. The number of carboxylic acids is 1. The van der Waals surface area contributed by atoms with Gasteiger partial charge in [-0.3, -0.25) is 0 Å². The summed E-state index contributed by atoms with van der Waals surface area (Å²) in [5, 5.41) is 8.74. The number of carbonyl (C=O) groups is 1. The van der Waals surface area contributed by atoms with E-state index in [4.69, 9.17) is 14.6 Å². The van der Waals surface area contributed by atoms with Crippen molar-refractivity contribution in [2.45, 2.75) is 26.2 Å². The molecular weight excluding hydrogens is 256 g/mol. The van der Waals surface area contributed by atoms with E-state index in [1.165, 1.54) is 19.3 Å². The molecule has 0 aliphatic heterocycles. The molecule has 1 aromatic carbocycles. The zero-order chi connectivity index (χ0) is 14.4. The molecule has 0 saturated heterocycles. The first-order valence-corrected chi connectivity index (χ1v) is 7.00. The lowest BCUT2D eigenvalue weighted by molar-refractivity contribution is -0.131. The fourth-order valence-electron chi connectivity index (χ4n) is 2.11. The molecule has 1 aliphatic carbocycles. The number of aliphatic carboxylic acids is 1. The van der Waals surface area contributed by atoms with Gasteiger partial charge in [-0.1, -0.05) is 18.6 Å². The van der Waals surface area contributed by atoms with E-state index in [0.29, 0.717) is 30.6 Å². The zero-order valence-corrected chi connectivity index (χ0v) is 11.7. The fourth-order valence-corrected chi connectivity index (χ4v) is 2.11. The Hall–Kier alpha value is -1.97. The highest BCUT2D eigenvalue weighted by molar-refractivity contribution is 5.86. The van der Waals surface area contributed by atoms with E-state index < -0.39 is 5.97 Å². The van der Waals surface area contributed by atoms with Crippen LogP contribution in [-0.4, -0.2) is 24.3 Å². The van der Waals surface area contributed by atoms with Crippen LogP contribution in [0.25, 0.3) is 6.08 Å². The number of ether oxygens (including phenoxy) is 2. The normalized spacial score (nSPS) is 15.1. The first kappa shape index (κ1) is 14.4. The molecule has 1 fully saturated rings. The van der Waals surface area contributed by atoms with Crippen molar-refractivity contribution >= 4 is 12.0 Å². The van der Waals surface area contributed by atoms with Gasteiger partial charge in [-0.15, -0.1) is 0 Å². The molecule has 0 unspecified atom stereocenters. The van der Waals surface area contributed by atoms with Gasteiger partial charge in [0.05, 0.1) is 13.2 Å². The third kappa shape index (κ3) is 3.76. The molecule has 1 aromatic rings. The van der Waals surface area contributed by atoms with Crippen molar-refractivity contribution < 1.29 is 19.4 Å². The molecule has 0 amide bonds. The molecule has 1 saturated carbocycles. The molecule has 108 valence electrons. The van der Waals surface area contributed by atoms with Crippen molar-refractivity contribution in [3.05, 3.63) is 29.8 Å². The lowest BCUT2D eigenvalue weighted by Crippen LogP contribution is -2.19. The Morgan fingerprint density at radius 2 is 2.20 bits per heavy atom. The molecule has 1 N–H and O–H groups in total. The Kier molecular flexibility index (Phi) is 5.04. The van der Waals surface area contributed by atoms with Crippen molar-refractivity contribution in [2.75, 3.05) is 13.2 Å². The van der Waals surface area contributed by atoms with Crippen LogP contribution in [0.15, 0.2) is 24.3 Å². The minimum atomic E-state index is -0.975. The minimum Gasteiger partial charge on any atom is -0.490 e. The molecule has 4 heteroatoms. The summed E-state index contributed by atoms with van der Waals surface area (Å²) in [6.45, 7) is 3.12. The first-order chi connectivity index (χ1) is 9.70. The smallest absolute Gasteiger partial charge is 0.328 e. The van der Waals surface area contributed by atoms with E-state index in [0.717, 1.165) is 11.6 Å². The Balaban J connectivity index is 2.18. The van der Waals surface area contributed by atoms with Gasteiger partial charge in [0, 0.05) is 11.6 Å². The maximum absolute atomic E-state index is 10.7. The molecule has 0 bridgehead atoms. The monoisotopic (exact) mass is 276 g/mol. The summed E-state index contributed by atoms with van der Waals surface area (Å²) in [6.07, 6.45) is 6.34. The predicted molar refractivity (Wildman–Crippen MR) is 77.1 cm³/mol. The summed E-state index contributed by atoms with van der Waals surface area (Å²) in [7, 11) is 0. The van der Waals surface area contributed by atoms with Crippen LogP contribution >= 0.6 is 0 Å². The first-order valence-electron chi connectivity index (χ1n) is 7.00. The largest absolute Gasteiger partial charge is 0.490 e. The highest BCUT2D eigenvalue weighted by Crippen LogP contribution is 2.34. The molecule has 0 radical (unpaired) electrons. The molecule has 0 spiro atoms. The Labute approximate surface area is 119 Å². The van der Waals surface area contributed by atoms with Gasteiger partial charge in [-0.05, 0) is 37.8 Å². The number of rotatable bonds is 7. The van der Waals surface area contributed by atoms with Gasteiger partial charge in [0.2, 0.25) is 0 Å². The number of para-hydroxylation sites is 1. The Bertz CT molecular complexity index is 489. The minimum absolute atomic E-state index is 0.548. The predicted octanol–water partition coefficient (Wildman–Crippen LogP) is 3.36. The van der Waals surface area contributed by atoms with Gasteiger partial charge in [0.1, 0.15) is 0 Å². The van der Waals surface area contributed by atoms with Crippen LogP contribution < -0.4 is 9.47 Å². The molecule has 4 nitrogen and oxygen atoms in total. The number of hydrogen-bond donors (Lipinski definition) is 1. The fraction of sp³-hybridized carbons (Fsp3) is 0.438. The third-order valence-electron chi connectivity index (χ3n) is 3.40. The summed E-state index contributed by atoms with van der Waals surface area (Å²) in [5.74, 6) is 0.941. The lowest BCUT2D eigenvalue weighted by Gasteiger charge is -2.26. The van der Waals surface area contributed by atoms with Gasteiger partial charge < -0.3 is 14.6 Å². The Morgan fingerprint density at radius 1 is 1.40 bits per heavy atom. The van der Waals surface area contributed by atoms with E-state index in [-0.39, 0.29) is 0 Å². The molecule has 1 aliphatic rings. The van der Waals surface area contributed by atoms with Crippen molar-refractivity contribution in [1.29, 1.82) is 0 Å². The average molecular weight is 276 g/mol. The topological polar surface area (TPSA) is 55.8 Å². The quantitative estimate of drug-likeness (QED) is 0.776. The van der Waals surface area contributed by atoms with E-state index in [1.807, 2.05) is 25.1 Å². The van der Waals surface area contributed by atoms with Gasteiger partial charge >= 0.3 is 5.97 Å². The SMILES string of the molecule is CCOc1cccc(C=CC(=O)O)c1OCC1CCC1. The zero-order valence-electron chi connectivity index (χ0n) is 11.7. The second-order valence-electron chi connectivity index (χ2n) is 4.89. The number of benzene rings is 1. The molecule has 0 heterocycles. The maximum Gasteiger partial charge on any atom is 0.328 e. The second-order valence-corrected chi connectivity index (χ2v) is 4.89. The van der Waals surface area contributed by atoms with Crippen LogP contribution in [0, 0.1) is 5.92 Å². The molecule has 0 atom stereocenters. The van der Waals surface area contributed by atoms with Gasteiger partial charge in [0.15, 0.2) is 11.5 Å². The van der Waals surface area contributed by atoms with Crippen LogP contribution in [0.4, 0.5) is 0 Å². The molecule has 20 heavy (non-hydrogen) atoms. The van der Waals surface area contributed by atoms with Crippen molar-refractivity contribution in [3.8, 4) is 11.5 Å². The van der Waals surface area contributed by atoms with Crippen molar-refractivity contribution in [2.24, 2.45) is 5.92 Å². The maximum atomic E-state index is 10.7. The highest BCUT2D eigenvalue weighted by Gasteiger charge is 2.19. The highest BCUT2D eigenvalue weighted by atomic mass is 16.5. The summed E-state index contributed by atoms with van der Waals surface area (Å²) < 4.78 is 11.4. The van der Waals surface area contributed by atoms with Crippen LogP contribution in [0.2, 0.25) is 0 Å².